The lowest BCUT2D eigenvalue weighted by molar-refractivity contribution is -0.113. The average Bonchev–Trinajstić information content (AvgIpc) is 3.16. The predicted octanol–water partition coefficient (Wildman–Crippen LogP) is 4.18. The number of primary amides is 1. The zero-order valence-electron chi connectivity index (χ0n) is 15.8. The second-order valence-electron chi connectivity index (χ2n) is 6.41. The molecule has 8 heteroatoms. The number of thioether (sulfide) groups is 1. The van der Waals surface area contributed by atoms with Crippen LogP contribution in [0, 0.1) is 0 Å². The first kappa shape index (κ1) is 19.5. The van der Waals surface area contributed by atoms with Gasteiger partial charge in [0.15, 0.2) is 5.16 Å². The van der Waals surface area contributed by atoms with Crippen LogP contribution in [-0.4, -0.2) is 27.5 Å². The van der Waals surface area contributed by atoms with E-state index in [4.69, 9.17) is 10.5 Å². The van der Waals surface area contributed by atoms with Crippen molar-refractivity contribution in [3.05, 3.63) is 78.4 Å². The smallest absolute Gasteiger partial charge is 0.248 e. The van der Waals surface area contributed by atoms with Gasteiger partial charge >= 0.3 is 0 Å². The third-order valence-electron chi connectivity index (χ3n) is 4.20. The topological polar surface area (TPSA) is 110 Å². The highest BCUT2D eigenvalue weighted by molar-refractivity contribution is 7.99. The summed E-state index contributed by atoms with van der Waals surface area (Å²) in [7, 11) is 0. The number of H-pyrrole nitrogens is 1. The van der Waals surface area contributed by atoms with Crippen molar-refractivity contribution in [3.8, 4) is 11.5 Å². The number of fused-ring (bicyclic) bond motifs is 1. The van der Waals surface area contributed by atoms with Crippen molar-refractivity contribution in [3.63, 3.8) is 0 Å². The number of amides is 2. The van der Waals surface area contributed by atoms with E-state index >= 15 is 0 Å². The molecule has 150 valence electrons. The zero-order valence-corrected chi connectivity index (χ0v) is 16.6. The molecule has 4 N–H and O–H groups in total. The van der Waals surface area contributed by atoms with E-state index in [0.29, 0.717) is 27.7 Å². The number of rotatable bonds is 7. The Kier molecular flexibility index (Phi) is 5.67. The Balaban J connectivity index is 1.32. The zero-order chi connectivity index (χ0) is 20.9. The fourth-order valence-corrected chi connectivity index (χ4v) is 3.45. The first-order valence-corrected chi connectivity index (χ1v) is 10.1. The minimum atomic E-state index is -0.506. The summed E-state index contributed by atoms with van der Waals surface area (Å²) < 4.78 is 5.74. The van der Waals surface area contributed by atoms with Gasteiger partial charge in [-0.1, -0.05) is 30.0 Å². The Morgan fingerprint density at radius 2 is 1.73 bits per heavy atom. The molecule has 4 aromatic rings. The van der Waals surface area contributed by atoms with Gasteiger partial charge in [0.25, 0.3) is 0 Å². The van der Waals surface area contributed by atoms with Crippen LogP contribution in [0.3, 0.4) is 0 Å². The third-order valence-corrected chi connectivity index (χ3v) is 5.08. The molecule has 0 saturated heterocycles. The summed E-state index contributed by atoms with van der Waals surface area (Å²) in [6, 6.07) is 21.6. The largest absolute Gasteiger partial charge is 0.457 e. The quantitative estimate of drug-likeness (QED) is 0.390. The van der Waals surface area contributed by atoms with E-state index in [2.05, 4.69) is 15.3 Å². The van der Waals surface area contributed by atoms with Crippen LogP contribution < -0.4 is 15.8 Å². The maximum atomic E-state index is 12.3. The highest BCUT2D eigenvalue weighted by Gasteiger charge is 2.09. The number of aromatic nitrogens is 2. The van der Waals surface area contributed by atoms with E-state index in [-0.39, 0.29) is 11.7 Å². The SMILES string of the molecule is NC(=O)c1ccc2[nH]c(SCC(=O)Nc3ccc(Oc4ccccc4)cc3)nc2c1. The molecule has 30 heavy (non-hydrogen) atoms. The van der Waals surface area contributed by atoms with E-state index < -0.39 is 5.91 Å². The van der Waals surface area contributed by atoms with Crippen molar-refractivity contribution in [1.29, 1.82) is 0 Å². The molecule has 0 aliphatic rings. The molecule has 0 aliphatic heterocycles. The first-order chi connectivity index (χ1) is 14.6. The van der Waals surface area contributed by atoms with Crippen LogP contribution in [0.1, 0.15) is 10.4 Å². The van der Waals surface area contributed by atoms with Crippen LogP contribution in [-0.2, 0) is 4.79 Å². The molecule has 4 rings (SSSR count). The van der Waals surface area contributed by atoms with Crippen molar-refractivity contribution < 1.29 is 14.3 Å². The van der Waals surface area contributed by atoms with Gasteiger partial charge < -0.3 is 20.8 Å². The first-order valence-electron chi connectivity index (χ1n) is 9.12. The monoisotopic (exact) mass is 418 g/mol. The van der Waals surface area contributed by atoms with Gasteiger partial charge in [-0.2, -0.15) is 0 Å². The molecule has 0 atom stereocenters. The number of nitrogens with two attached hydrogens (primary N) is 1. The van der Waals surface area contributed by atoms with Gasteiger partial charge in [0.2, 0.25) is 11.8 Å². The molecule has 0 spiro atoms. The number of hydrogen-bond donors (Lipinski definition) is 3. The second-order valence-corrected chi connectivity index (χ2v) is 7.38. The van der Waals surface area contributed by atoms with E-state index in [1.165, 1.54) is 11.8 Å². The van der Waals surface area contributed by atoms with Crippen molar-refractivity contribution in [2.24, 2.45) is 5.73 Å². The Morgan fingerprint density at radius 3 is 2.47 bits per heavy atom. The standard InChI is InChI=1S/C22H18N4O3S/c23-21(28)14-6-11-18-19(12-14)26-22(25-18)30-13-20(27)24-15-7-9-17(10-8-15)29-16-4-2-1-3-5-16/h1-12H,13H2,(H2,23,28)(H,24,27)(H,25,26). The summed E-state index contributed by atoms with van der Waals surface area (Å²) >= 11 is 1.27. The van der Waals surface area contributed by atoms with Crippen LogP contribution in [0.25, 0.3) is 11.0 Å². The summed E-state index contributed by atoms with van der Waals surface area (Å²) in [6.45, 7) is 0. The van der Waals surface area contributed by atoms with E-state index in [0.717, 1.165) is 11.3 Å². The van der Waals surface area contributed by atoms with Crippen LogP contribution in [0.15, 0.2) is 78.0 Å². The molecule has 3 aromatic carbocycles. The number of imidazole rings is 1. The minimum absolute atomic E-state index is 0.157. The number of hydrogen-bond acceptors (Lipinski definition) is 5. The number of carbonyl (C=O) groups is 2. The minimum Gasteiger partial charge on any atom is -0.457 e. The summed E-state index contributed by atoms with van der Waals surface area (Å²) in [5, 5.41) is 3.43. The molecule has 0 saturated carbocycles. The van der Waals surface area contributed by atoms with Crippen LogP contribution in [0.2, 0.25) is 0 Å². The number of ether oxygens (including phenoxy) is 1. The van der Waals surface area contributed by atoms with Crippen LogP contribution in [0.5, 0.6) is 11.5 Å². The summed E-state index contributed by atoms with van der Waals surface area (Å²) in [5.74, 6) is 0.958. The second kappa shape index (κ2) is 8.71. The average molecular weight is 418 g/mol. The normalized spacial score (nSPS) is 10.7. The highest BCUT2D eigenvalue weighted by atomic mass is 32.2. The number of carbonyl (C=O) groups excluding carboxylic acids is 2. The summed E-state index contributed by atoms with van der Waals surface area (Å²) in [6.07, 6.45) is 0. The van der Waals surface area contributed by atoms with Gasteiger partial charge in [-0.05, 0) is 54.6 Å². The summed E-state index contributed by atoms with van der Waals surface area (Å²) in [4.78, 5) is 31.0. The number of para-hydroxylation sites is 1. The molecule has 1 aromatic heterocycles. The summed E-state index contributed by atoms with van der Waals surface area (Å²) in [5.41, 5.74) is 7.76. The molecular weight excluding hydrogens is 400 g/mol. The maximum absolute atomic E-state index is 12.3. The number of aromatic amines is 1. The number of anilines is 1. The Hall–Kier alpha value is -3.78. The molecular formula is C22H18N4O3S. The fourth-order valence-electron chi connectivity index (χ4n) is 2.77. The lowest BCUT2D eigenvalue weighted by Gasteiger charge is -2.07. The molecule has 2 amide bonds. The molecule has 0 unspecified atom stereocenters. The van der Waals surface area contributed by atoms with Crippen LogP contribution >= 0.6 is 11.8 Å². The highest BCUT2D eigenvalue weighted by Crippen LogP contribution is 2.23. The van der Waals surface area contributed by atoms with Gasteiger partial charge in [-0.25, -0.2) is 4.98 Å². The van der Waals surface area contributed by atoms with Crippen molar-refractivity contribution in [1.82, 2.24) is 9.97 Å². The molecule has 1 heterocycles. The van der Waals surface area contributed by atoms with E-state index in [9.17, 15) is 9.59 Å². The molecule has 0 fully saturated rings. The lowest BCUT2D eigenvalue weighted by atomic mass is 10.2. The fraction of sp³-hybridized carbons (Fsp3) is 0.0455. The molecule has 0 aliphatic carbocycles. The van der Waals surface area contributed by atoms with Gasteiger partial charge in [0.1, 0.15) is 11.5 Å². The number of nitrogens with zero attached hydrogens (tertiary/aromatic N) is 1. The molecule has 0 radical (unpaired) electrons. The molecule has 7 nitrogen and oxygen atoms in total. The Morgan fingerprint density at radius 1 is 1.00 bits per heavy atom. The number of benzene rings is 3. The van der Waals surface area contributed by atoms with Gasteiger partial charge in [0.05, 0.1) is 16.8 Å². The Labute approximate surface area is 176 Å². The Bertz CT molecular complexity index is 1190. The van der Waals surface area contributed by atoms with Gasteiger partial charge in [0, 0.05) is 11.3 Å². The van der Waals surface area contributed by atoms with Gasteiger partial charge in [-0.15, -0.1) is 0 Å². The van der Waals surface area contributed by atoms with Crippen molar-refractivity contribution >= 4 is 40.3 Å². The van der Waals surface area contributed by atoms with E-state index in [1.807, 2.05) is 30.3 Å². The van der Waals surface area contributed by atoms with Gasteiger partial charge in [-0.3, -0.25) is 9.59 Å². The third kappa shape index (κ3) is 4.79. The van der Waals surface area contributed by atoms with Crippen molar-refractivity contribution in [2.75, 3.05) is 11.1 Å². The van der Waals surface area contributed by atoms with Crippen molar-refractivity contribution in [2.45, 2.75) is 5.16 Å². The number of nitrogens with one attached hydrogen (secondary N) is 2. The van der Waals surface area contributed by atoms with Crippen LogP contribution in [0.4, 0.5) is 5.69 Å². The predicted molar refractivity (Wildman–Crippen MR) is 117 cm³/mol. The maximum Gasteiger partial charge on any atom is 0.248 e. The lowest BCUT2D eigenvalue weighted by Crippen LogP contribution is -2.13. The molecule has 0 bridgehead atoms. The van der Waals surface area contributed by atoms with E-state index in [1.54, 1.807) is 42.5 Å².